The van der Waals surface area contributed by atoms with Crippen LogP contribution in [0.15, 0.2) is 36.7 Å². The number of aromatic nitrogens is 1. The van der Waals surface area contributed by atoms with Gasteiger partial charge in [0, 0.05) is 17.3 Å². The van der Waals surface area contributed by atoms with Gasteiger partial charge in [-0.3, -0.25) is 4.98 Å². The Labute approximate surface area is 110 Å². The van der Waals surface area contributed by atoms with Gasteiger partial charge in [0.25, 0.3) is 0 Å². The Bertz CT molecular complexity index is 677. The summed E-state index contributed by atoms with van der Waals surface area (Å²) in [6, 6.07) is 7.01. The average Bonchev–Trinajstić information content (AvgIpc) is 2.38. The topological polar surface area (TPSA) is 59.4 Å². The van der Waals surface area contributed by atoms with Crippen LogP contribution in [0.2, 0.25) is 0 Å². The van der Waals surface area contributed by atoms with Gasteiger partial charge >= 0.3 is 5.97 Å². The highest BCUT2D eigenvalue weighted by Gasteiger charge is 2.33. The number of fused-ring (bicyclic) bond motifs is 3. The lowest BCUT2D eigenvalue weighted by atomic mass is 9.85. The smallest absolute Gasteiger partial charge is 0.335 e. The molecule has 1 aliphatic rings. The Morgan fingerprint density at radius 3 is 2.79 bits per heavy atom. The van der Waals surface area contributed by atoms with Gasteiger partial charge in [0.2, 0.25) is 0 Å². The normalized spacial score (nSPS) is 15.1. The lowest BCUT2D eigenvalue weighted by Gasteiger charge is -2.34. The van der Waals surface area contributed by atoms with Crippen molar-refractivity contribution in [1.29, 1.82) is 0 Å². The molecule has 96 valence electrons. The van der Waals surface area contributed by atoms with Crippen molar-refractivity contribution in [2.45, 2.75) is 19.4 Å². The van der Waals surface area contributed by atoms with Gasteiger partial charge in [0.15, 0.2) is 0 Å². The molecule has 0 spiro atoms. The molecule has 0 radical (unpaired) electrons. The second-order valence-electron chi connectivity index (χ2n) is 5.05. The van der Waals surface area contributed by atoms with E-state index in [1.54, 1.807) is 24.5 Å². The molecule has 3 rings (SSSR count). The number of carboxylic acids is 1. The van der Waals surface area contributed by atoms with Gasteiger partial charge in [-0.05, 0) is 37.6 Å². The average molecular weight is 255 g/mol. The number of hydrogen-bond acceptors (Lipinski definition) is 3. The zero-order valence-electron chi connectivity index (χ0n) is 10.7. The quantitative estimate of drug-likeness (QED) is 0.850. The number of benzene rings is 1. The highest BCUT2D eigenvalue weighted by atomic mass is 16.5. The summed E-state index contributed by atoms with van der Waals surface area (Å²) < 4.78 is 5.93. The van der Waals surface area contributed by atoms with Gasteiger partial charge in [0.05, 0.1) is 11.8 Å². The zero-order valence-corrected chi connectivity index (χ0v) is 10.7. The summed E-state index contributed by atoms with van der Waals surface area (Å²) in [5.74, 6) is -0.206. The van der Waals surface area contributed by atoms with Crippen LogP contribution < -0.4 is 4.74 Å². The van der Waals surface area contributed by atoms with Crippen LogP contribution >= 0.6 is 0 Å². The molecule has 1 aromatic heterocycles. The predicted octanol–water partition coefficient (Wildman–Crippen LogP) is 3.07. The number of carbonyl (C=O) groups is 1. The maximum Gasteiger partial charge on any atom is 0.335 e. The number of aromatic carboxylic acids is 1. The summed E-state index contributed by atoms with van der Waals surface area (Å²) in [4.78, 5) is 15.2. The Hall–Kier alpha value is -2.36. The van der Waals surface area contributed by atoms with Gasteiger partial charge in [-0.1, -0.05) is 6.07 Å². The van der Waals surface area contributed by atoms with Crippen molar-refractivity contribution >= 4 is 5.97 Å². The first-order valence-electron chi connectivity index (χ1n) is 6.00. The first-order valence-corrected chi connectivity index (χ1v) is 6.00. The van der Waals surface area contributed by atoms with Crippen LogP contribution in [0.3, 0.4) is 0 Å². The number of rotatable bonds is 1. The van der Waals surface area contributed by atoms with E-state index in [1.165, 1.54) is 0 Å². The molecule has 0 fully saturated rings. The Balaban J connectivity index is 2.28. The zero-order chi connectivity index (χ0) is 13.6. The lowest BCUT2D eigenvalue weighted by Crippen LogP contribution is -2.29. The summed E-state index contributed by atoms with van der Waals surface area (Å²) in [5.41, 5.74) is 2.52. The van der Waals surface area contributed by atoms with Crippen LogP contribution in [-0.2, 0) is 5.60 Å². The third kappa shape index (κ3) is 1.76. The first-order chi connectivity index (χ1) is 8.99. The predicted molar refractivity (Wildman–Crippen MR) is 70.3 cm³/mol. The number of nitrogens with zero attached hydrogens (tertiary/aromatic N) is 1. The minimum absolute atomic E-state index is 0.271. The van der Waals surface area contributed by atoms with Gasteiger partial charge < -0.3 is 9.84 Å². The summed E-state index contributed by atoms with van der Waals surface area (Å²) >= 11 is 0. The molecule has 0 saturated heterocycles. The van der Waals surface area contributed by atoms with E-state index in [0.29, 0.717) is 0 Å². The molecule has 1 N–H and O–H groups in total. The van der Waals surface area contributed by atoms with E-state index in [-0.39, 0.29) is 5.56 Å². The second-order valence-corrected chi connectivity index (χ2v) is 5.05. The SMILES string of the molecule is CC1(C)Oc2cnccc2-c2ccc(C(=O)O)cc21. The van der Waals surface area contributed by atoms with Crippen LogP contribution in [0.25, 0.3) is 11.1 Å². The van der Waals surface area contributed by atoms with Crippen molar-refractivity contribution in [3.8, 4) is 16.9 Å². The number of pyridine rings is 1. The van der Waals surface area contributed by atoms with Crippen molar-refractivity contribution in [2.75, 3.05) is 0 Å². The minimum Gasteiger partial charge on any atom is -0.481 e. The van der Waals surface area contributed by atoms with Crippen LogP contribution in [0.5, 0.6) is 5.75 Å². The van der Waals surface area contributed by atoms with Gasteiger partial charge in [0.1, 0.15) is 11.4 Å². The molecule has 0 unspecified atom stereocenters. The summed E-state index contributed by atoms with van der Waals surface area (Å²) in [6.45, 7) is 3.85. The molecule has 4 heteroatoms. The van der Waals surface area contributed by atoms with E-state index in [9.17, 15) is 4.79 Å². The van der Waals surface area contributed by atoms with E-state index in [2.05, 4.69) is 4.98 Å². The fourth-order valence-corrected chi connectivity index (χ4v) is 2.42. The fourth-order valence-electron chi connectivity index (χ4n) is 2.42. The maximum absolute atomic E-state index is 11.1. The summed E-state index contributed by atoms with van der Waals surface area (Å²) in [6.07, 6.45) is 3.39. The number of carboxylic acid groups (broad SMARTS) is 1. The summed E-state index contributed by atoms with van der Waals surface area (Å²) in [7, 11) is 0. The van der Waals surface area contributed by atoms with E-state index in [1.807, 2.05) is 26.0 Å². The molecule has 19 heavy (non-hydrogen) atoms. The van der Waals surface area contributed by atoms with E-state index in [4.69, 9.17) is 9.84 Å². The molecule has 0 atom stereocenters. The van der Waals surface area contributed by atoms with Crippen LogP contribution in [0.1, 0.15) is 29.8 Å². The van der Waals surface area contributed by atoms with Crippen LogP contribution in [-0.4, -0.2) is 16.1 Å². The number of ether oxygens (including phenoxy) is 1. The molecular formula is C15H13NO3. The van der Waals surface area contributed by atoms with Crippen molar-refractivity contribution < 1.29 is 14.6 Å². The molecule has 0 aliphatic carbocycles. The molecule has 0 amide bonds. The molecule has 0 saturated carbocycles. The van der Waals surface area contributed by atoms with Crippen molar-refractivity contribution in [1.82, 2.24) is 4.98 Å². The minimum atomic E-state index is -0.931. The van der Waals surface area contributed by atoms with E-state index < -0.39 is 11.6 Å². The largest absolute Gasteiger partial charge is 0.481 e. The van der Waals surface area contributed by atoms with Crippen LogP contribution in [0, 0.1) is 0 Å². The van der Waals surface area contributed by atoms with E-state index in [0.717, 1.165) is 22.4 Å². The third-order valence-corrected chi connectivity index (χ3v) is 3.35. The highest BCUT2D eigenvalue weighted by Crippen LogP contribution is 2.44. The first kappa shape index (κ1) is 11.7. The Morgan fingerprint density at radius 1 is 1.26 bits per heavy atom. The molecular weight excluding hydrogens is 242 g/mol. The Morgan fingerprint density at radius 2 is 2.05 bits per heavy atom. The highest BCUT2D eigenvalue weighted by molar-refractivity contribution is 5.90. The standard InChI is InChI=1S/C15H13NO3/c1-15(2)12-7-9(14(17)18)3-4-10(12)11-5-6-16-8-13(11)19-15/h3-8H,1-2H3,(H,17,18). The lowest BCUT2D eigenvalue weighted by molar-refractivity contribution is 0.0695. The van der Waals surface area contributed by atoms with Crippen LogP contribution in [0.4, 0.5) is 0 Å². The van der Waals surface area contributed by atoms with Crippen molar-refractivity contribution in [2.24, 2.45) is 0 Å². The van der Waals surface area contributed by atoms with Crippen molar-refractivity contribution in [3.63, 3.8) is 0 Å². The summed E-state index contributed by atoms with van der Waals surface area (Å²) in [5, 5.41) is 9.10. The molecule has 1 aliphatic heterocycles. The van der Waals surface area contributed by atoms with E-state index >= 15 is 0 Å². The molecule has 2 heterocycles. The molecule has 1 aromatic carbocycles. The Kier molecular flexibility index (Phi) is 2.35. The van der Waals surface area contributed by atoms with Crippen molar-refractivity contribution in [3.05, 3.63) is 47.8 Å². The monoisotopic (exact) mass is 255 g/mol. The molecule has 2 aromatic rings. The second kappa shape index (κ2) is 3.82. The van der Waals surface area contributed by atoms with Gasteiger partial charge in [-0.25, -0.2) is 4.79 Å². The van der Waals surface area contributed by atoms with Gasteiger partial charge in [-0.2, -0.15) is 0 Å². The third-order valence-electron chi connectivity index (χ3n) is 3.35. The maximum atomic E-state index is 11.1. The van der Waals surface area contributed by atoms with Gasteiger partial charge in [-0.15, -0.1) is 0 Å². The molecule has 0 bridgehead atoms. The molecule has 4 nitrogen and oxygen atoms in total. The fraction of sp³-hybridized carbons (Fsp3) is 0.200. The number of hydrogen-bond donors (Lipinski definition) is 1.